The number of piperazine rings is 1. The van der Waals surface area contributed by atoms with Crippen molar-refractivity contribution in [3.8, 4) is 0 Å². The Balaban J connectivity index is 1.34. The first-order valence-corrected chi connectivity index (χ1v) is 9.59. The van der Waals surface area contributed by atoms with Gasteiger partial charge in [-0.25, -0.2) is 4.98 Å². The fourth-order valence-electron chi connectivity index (χ4n) is 3.17. The molecule has 29 heavy (non-hydrogen) atoms. The summed E-state index contributed by atoms with van der Waals surface area (Å²) < 4.78 is 5.18. The molecule has 2 aromatic heterocycles. The molecular weight excluding hydrogens is 392 g/mol. The highest BCUT2D eigenvalue weighted by Gasteiger charge is 2.24. The number of hydrogen-bond acceptors (Lipinski definition) is 5. The van der Waals surface area contributed by atoms with E-state index in [9.17, 15) is 9.59 Å². The van der Waals surface area contributed by atoms with Gasteiger partial charge in [0.2, 0.25) is 0 Å². The summed E-state index contributed by atoms with van der Waals surface area (Å²) in [7, 11) is 0. The molecule has 7 nitrogen and oxygen atoms in total. The molecule has 1 N–H and O–H groups in total. The van der Waals surface area contributed by atoms with Crippen molar-refractivity contribution in [2.45, 2.75) is 0 Å². The monoisotopic (exact) mass is 410 g/mol. The molecule has 1 aliphatic heterocycles. The van der Waals surface area contributed by atoms with E-state index in [4.69, 9.17) is 16.0 Å². The van der Waals surface area contributed by atoms with Crippen LogP contribution in [0.15, 0.2) is 65.4 Å². The van der Waals surface area contributed by atoms with Crippen LogP contribution in [0.1, 0.15) is 20.9 Å². The average molecular weight is 411 g/mol. The second-order valence-corrected chi connectivity index (χ2v) is 7.06. The summed E-state index contributed by atoms with van der Waals surface area (Å²) in [6.07, 6.45) is 3.12. The molecule has 0 spiro atoms. The number of benzene rings is 1. The predicted octanol–water partition coefficient (Wildman–Crippen LogP) is 3.54. The number of rotatable bonds is 4. The normalized spacial score (nSPS) is 14.0. The van der Waals surface area contributed by atoms with Crippen LogP contribution in [0.4, 0.5) is 11.5 Å². The minimum Gasteiger partial charge on any atom is -0.459 e. The van der Waals surface area contributed by atoms with Crippen molar-refractivity contribution in [1.29, 1.82) is 0 Å². The van der Waals surface area contributed by atoms with Crippen molar-refractivity contribution in [3.63, 3.8) is 0 Å². The van der Waals surface area contributed by atoms with Gasteiger partial charge in [-0.1, -0.05) is 17.7 Å². The van der Waals surface area contributed by atoms with Crippen LogP contribution in [0.25, 0.3) is 0 Å². The molecule has 0 bridgehead atoms. The summed E-state index contributed by atoms with van der Waals surface area (Å²) in [4.78, 5) is 33.0. The first kappa shape index (κ1) is 19.0. The zero-order chi connectivity index (χ0) is 20.2. The SMILES string of the molecule is O=C(Nc1ccc(N2CCN(C(=O)c3ccco3)CC2)nc1)c1cccc(Cl)c1. The number of furan rings is 1. The van der Waals surface area contributed by atoms with Gasteiger partial charge in [0, 0.05) is 36.8 Å². The second kappa shape index (κ2) is 8.36. The number of nitrogens with one attached hydrogen (secondary N) is 1. The Labute approximate surface area is 172 Å². The van der Waals surface area contributed by atoms with E-state index in [-0.39, 0.29) is 11.8 Å². The maximum atomic E-state index is 12.3. The van der Waals surface area contributed by atoms with E-state index in [0.29, 0.717) is 48.2 Å². The molecule has 0 aliphatic carbocycles. The van der Waals surface area contributed by atoms with Gasteiger partial charge in [-0.05, 0) is 42.5 Å². The number of amides is 2. The minimum absolute atomic E-state index is 0.0957. The maximum Gasteiger partial charge on any atom is 0.289 e. The Hall–Kier alpha value is -3.32. The topological polar surface area (TPSA) is 78.7 Å². The molecule has 148 valence electrons. The Bertz CT molecular complexity index is 997. The summed E-state index contributed by atoms with van der Waals surface area (Å²) in [5.41, 5.74) is 1.09. The highest BCUT2D eigenvalue weighted by Crippen LogP contribution is 2.18. The lowest BCUT2D eigenvalue weighted by atomic mass is 10.2. The molecule has 1 aliphatic rings. The van der Waals surface area contributed by atoms with E-state index >= 15 is 0 Å². The van der Waals surface area contributed by atoms with E-state index in [1.54, 1.807) is 47.5 Å². The van der Waals surface area contributed by atoms with E-state index in [2.05, 4.69) is 15.2 Å². The van der Waals surface area contributed by atoms with Gasteiger partial charge < -0.3 is 19.5 Å². The van der Waals surface area contributed by atoms with Gasteiger partial charge in [-0.3, -0.25) is 9.59 Å². The molecule has 4 rings (SSSR count). The van der Waals surface area contributed by atoms with Crippen molar-refractivity contribution >= 4 is 34.9 Å². The second-order valence-electron chi connectivity index (χ2n) is 6.63. The summed E-state index contributed by atoms with van der Waals surface area (Å²) >= 11 is 5.93. The first-order valence-electron chi connectivity index (χ1n) is 9.21. The standard InChI is InChI=1S/C21H19ClN4O3/c22-16-4-1-3-15(13-16)20(27)24-17-6-7-19(23-14-17)25-8-10-26(11-9-25)21(28)18-5-2-12-29-18/h1-7,12-14H,8-11H2,(H,24,27). The lowest BCUT2D eigenvalue weighted by Gasteiger charge is -2.35. The van der Waals surface area contributed by atoms with E-state index in [1.807, 2.05) is 12.1 Å². The number of aromatic nitrogens is 1. The molecule has 0 unspecified atom stereocenters. The molecule has 0 saturated carbocycles. The number of carbonyl (C=O) groups excluding carboxylic acids is 2. The molecule has 1 aromatic carbocycles. The zero-order valence-corrected chi connectivity index (χ0v) is 16.3. The van der Waals surface area contributed by atoms with Crippen molar-refractivity contribution in [3.05, 3.63) is 77.3 Å². The zero-order valence-electron chi connectivity index (χ0n) is 15.5. The molecule has 0 atom stereocenters. The third-order valence-corrected chi connectivity index (χ3v) is 4.95. The fourth-order valence-corrected chi connectivity index (χ4v) is 3.37. The van der Waals surface area contributed by atoms with Crippen LogP contribution in [-0.4, -0.2) is 47.9 Å². The van der Waals surface area contributed by atoms with Crippen LogP contribution in [0.2, 0.25) is 5.02 Å². The third-order valence-electron chi connectivity index (χ3n) is 4.72. The lowest BCUT2D eigenvalue weighted by molar-refractivity contribution is 0.0714. The maximum absolute atomic E-state index is 12.3. The average Bonchev–Trinajstić information content (AvgIpc) is 3.29. The molecular formula is C21H19ClN4O3. The van der Waals surface area contributed by atoms with Crippen LogP contribution in [0, 0.1) is 0 Å². The van der Waals surface area contributed by atoms with Crippen LogP contribution in [0.5, 0.6) is 0 Å². The Kier molecular flexibility index (Phi) is 5.48. The van der Waals surface area contributed by atoms with E-state index < -0.39 is 0 Å². The van der Waals surface area contributed by atoms with Crippen molar-refractivity contribution in [1.82, 2.24) is 9.88 Å². The quantitative estimate of drug-likeness (QED) is 0.711. The van der Waals surface area contributed by atoms with Crippen LogP contribution < -0.4 is 10.2 Å². The number of nitrogens with zero attached hydrogens (tertiary/aromatic N) is 3. The lowest BCUT2D eigenvalue weighted by Crippen LogP contribution is -2.49. The largest absolute Gasteiger partial charge is 0.459 e. The Morgan fingerprint density at radius 2 is 1.86 bits per heavy atom. The molecule has 8 heteroatoms. The van der Waals surface area contributed by atoms with Crippen molar-refractivity contribution < 1.29 is 14.0 Å². The summed E-state index contributed by atoms with van der Waals surface area (Å²) in [5.74, 6) is 0.820. The third kappa shape index (κ3) is 4.41. The highest BCUT2D eigenvalue weighted by molar-refractivity contribution is 6.31. The van der Waals surface area contributed by atoms with Crippen LogP contribution >= 0.6 is 11.6 Å². The van der Waals surface area contributed by atoms with Gasteiger partial charge in [0.25, 0.3) is 11.8 Å². The van der Waals surface area contributed by atoms with Crippen molar-refractivity contribution in [2.24, 2.45) is 0 Å². The smallest absolute Gasteiger partial charge is 0.289 e. The van der Waals surface area contributed by atoms with Gasteiger partial charge in [0.15, 0.2) is 5.76 Å². The summed E-state index contributed by atoms with van der Waals surface area (Å²) in [5, 5.41) is 3.32. The van der Waals surface area contributed by atoms with E-state index in [1.165, 1.54) is 6.26 Å². The molecule has 3 heterocycles. The van der Waals surface area contributed by atoms with Crippen molar-refractivity contribution in [2.75, 3.05) is 36.4 Å². The van der Waals surface area contributed by atoms with Gasteiger partial charge in [-0.15, -0.1) is 0 Å². The first-order chi connectivity index (χ1) is 14.1. The van der Waals surface area contributed by atoms with E-state index in [0.717, 1.165) is 5.82 Å². The number of carbonyl (C=O) groups is 2. The molecule has 0 radical (unpaired) electrons. The molecule has 3 aromatic rings. The highest BCUT2D eigenvalue weighted by atomic mass is 35.5. The Morgan fingerprint density at radius 3 is 2.52 bits per heavy atom. The molecule has 2 amide bonds. The Morgan fingerprint density at radius 1 is 1.03 bits per heavy atom. The number of hydrogen-bond donors (Lipinski definition) is 1. The number of pyridine rings is 1. The van der Waals surface area contributed by atoms with Gasteiger partial charge >= 0.3 is 0 Å². The summed E-state index contributed by atoms with van der Waals surface area (Å²) in [6.45, 7) is 2.53. The number of halogens is 1. The van der Waals surface area contributed by atoms with Crippen LogP contribution in [-0.2, 0) is 0 Å². The predicted molar refractivity (Wildman–Crippen MR) is 110 cm³/mol. The molecule has 1 fully saturated rings. The molecule has 1 saturated heterocycles. The summed E-state index contributed by atoms with van der Waals surface area (Å²) in [6, 6.07) is 13.8. The number of anilines is 2. The van der Waals surface area contributed by atoms with Gasteiger partial charge in [-0.2, -0.15) is 0 Å². The fraction of sp³-hybridized carbons (Fsp3) is 0.190. The van der Waals surface area contributed by atoms with Crippen LogP contribution in [0.3, 0.4) is 0 Å². The van der Waals surface area contributed by atoms with Gasteiger partial charge in [0.05, 0.1) is 18.1 Å². The minimum atomic E-state index is -0.243. The van der Waals surface area contributed by atoms with Gasteiger partial charge in [0.1, 0.15) is 5.82 Å².